The minimum Gasteiger partial charge on any atom is -0.348 e. The molecule has 108 valence electrons. The maximum Gasteiger partial charge on any atom is 0.272 e. The zero-order valence-corrected chi connectivity index (χ0v) is 12.6. The van der Waals surface area contributed by atoms with Crippen LogP contribution in [-0.4, -0.2) is 28.7 Å². The van der Waals surface area contributed by atoms with Gasteiger partial charge < -0.3 is 10.6 Å². The minimum atomic E-state index is -0.0657. The molecule has 5 nitrogen and oxygen atoms in total. The summed E-state index contributed by atoms with van der Waals surface area (Å²) in [7, 11) is 0. The molecule has 0 radical (unpaired) electrons. The van der Waals surface area contributed by atoms with Crippen LogP contribution in [0.25, 0.3) is 0 Å². The lowest BCUT2D eigenvalue weighted by Gasteiger charge is -2.20. The quantitative estimate of drug-likeness (QED) is 0.788. The normalized spacial score (nSPS) is 17.0. The van der Waals surface area contributed by atoms with Gasteiger partial charge in [-0.05, 0) is 12.8 Å². The van der Waals surface area contributed by atoms with Crippen molar-refractivity contribution >= 4 is 18.3 Å². The standard InChI is InChI=1S/C13H22N4O.ClH/c1-4-8(2)9(3)15-13(18)12-10-7-14-6-5-11(10)16-17-12;/h8-9,14H,4-7H2,1-3H3,(H,15,18)(H,16,17);1H. The van der Waals surface area contributed by atoms with Crippen LogP contribution in [0.1, 0.15) is 48.9 Å². The first kappa shape index (κ1) is 16.0. The second kappa shape index (κ2) is 6.91. The third kappa shape index (κ3) is 3.48. The summed E-state index contributed by atoms with van der Waals surface area (Å²) in [5, 5.41) is 13.4. The fraction of sp³-hybridized carbons (Fsp3) is 0.692. The van der Waals surface area contributed by atoms with Gasteiger partial charge in [-0.3, -0.25) is 9.89 Å². The number of hydrogen-bond donors (Lipinski definition) is 3. The average molecular weight is 287 g/mol. The van der Waals surface area contributed by atoms with E-state index in [-0.39, 0.29) is 24.4 Å². The lowest BCUT2D eigenvalue weighted by Crippen LogP contribution is -2.38. The summed E-state index contributed by atoms with van der Waals surface area (Å²) in [5.74, 6) is 0.408. The van der Waals surface area contributed by atoms with Crippen molar-refractivity contribution in [2.75, 3.05) is 6.54 Å². The van der Waals surface area contributed by atoms with E-state index in [2.05, 4.69) is 34.7 Å². The van der Waals surface area contributed by atoms with Gasteiger partial charge in [0.1, 0.15) is 0 Å². The van der Waals surface area contributed by atoms with Crippen molar-refractivity contribution in [3.05, 3.63) is 17.0 Å². The van der Waals surface area contributed by atoms with E-state index in [1.807, 2.05) is 6.92 Å². The van der Waals surface area contributed by atoms with E-state index in [0.717, 1.165) is 37.2 Å². The van der Waals surface area contributed by atoms with Gasteiger partial charge in [-0.15, -0.1) is 12.4 Å². The highest BCUT2D eigenvalue weighted by atomic mass is 35.5. The molecule has 0 aromatic carbocycles. The number of carbonyl (C=O) groups is 1. The smallest absolute Gasteiger partial charge is 0.272 e. The second-order valence-electron chi connectivity index (χ2n) is 5.10. The fourth-order valence-corrected chi connectivity index (χ4v) is 2.18. The highest BCUT2D eigenvalue weighted by molar-refractivity contribution is 5.94. The predicted molar refractivity (Wildman–Crippen MR) is 77.6 cm³/mol. The van der Waals surface area contributed by atoms with E-state index in [4.69, 9.17) is 0 Å². The molecule has 0 spiro atoms. The molecule has 3 N–H and O–H groups in total. The molecule has 1 aromatic rings. The summed E-state index contributed by atoms with van der Waals surface area (Å²) >= 11 is 0. The van der Waals surface area contributed by atoms with E-state index in [1.165, 1.54) is 0 Å². The number of hydrogen-bond acceptors (Lipinski definition) is 3. The van der Waals surface area contributed by atoms with Crippen molar-refractivity contribution in [2.45, 2.75) is 46.2 Å². The van der Waals surface area contributed by atoms with Gasteiger partial charge in [0, 0.05) is 36.8 Å². The van der Waals surface area contributed by atoms with E-state index in [1.54, 1.807) is 0 Å². The Bertz CT molecular complexity index is 432. The monoisotopic (exact) mass is 286 g/mol. The molecule has 2 rings (SSSR count). The number of fused-ring (bicyclic) bond motifs is 1. The third-order valence-electron chi connectivity index (χ3n) is 3.88. The summed E-state index contributed by atoms with van der Waals surface area (Å²) in [4.78, 5) is 12.2. The van der Waals surface area contributed by atoms with Crippen LogP contribution in [-0.2, 0) is 13.0 Å². The van der Waals surface area contributed by atoms with Crippen molar-refractivity contribution < 1.29 is 4.79 Å². The number of rotatable bonds is 4. The molecule has 2 heterocycles. The third-order valence-corrected chi connectivity index (χ3v) is 3.88. The van der Waals surface area contributed by atoms with E-state index in [0.29, 0.717) is 11.6 Å². The molecule has 19 heavy (non-hydrogen) atoms. The van der Waals surface area contributed by atoms with Gasteiger partial charge in [0.05, 0.1) is 0 Å². The number of halogens is 1. The van der Waals surface area contributed by atoms with Crippen molar-refractivity contribution in [3.63, 3.8) is 0 Å². The first-order chi connectivity index (χ1) is 8.63. The summed E-state index contributed by atoms with van der Waals surface area (Å²) in [5.41, 5.74) is 2.66. The summed E-state index contributed by atoms with van der Waals surface area (Å²) in [6.45, 7) is 8.00. The zero-order chi connectivity index (χ0) is 13.1. The van der Waals surface area contributed by atoms with Crippen LogP contribution >= 0.6 is 12.4 Å². The Morgan fingerprint density at radius 1 is 1.47 bits per heavy atom. The first-order valence-corrected chi connectivity index (χ1v) is 6.71. The number of nitrogens with one attached hydrogen (secondary N) is 3. The van der Waals surface area contributed by atoms with Crippen LogP contribution in [0.3, 0.4) is 0 Å². The molecule has 0 fully saturated rings. The molecule has 1 aliphatic rings. The topological polar surface area (TPSA) is 69.8 Å². The van der Waals surface area contributed by atoms with Gasteiger partial charge >= 0.3 is 0 Å². The molecule has 1 aliphatic heterocycles. The SMILES string of the molecule is CCC(C)C(C)NC(=O)c1n[nH]c2c1CNCC2.Cl. The van der Waals surface area contributed by atoms with Gasteiger partial charge in [-0.1, -0.05) is 20.3 Å². The fourth-order valence-electron chi connectivity index (χ4n) is 2.18. The molecule has 0 aliphatic carbocycles. The number of aromatic nitrogens is 2. The Labute approximate surface area is 120 Å². The van der Waals surface area contributed by atoms with Gasteiger partial charge in [0.15, 0.2) is 5.69 Å². The summed E-state index contributed by atoms with van der Waals surface area (Å²) in [6, 6.07) is 0.173. The molecule has 0 saturated heterocycles. The van der Waals surface area contributed by atoms with E-state index >= 15 is 0 Å². The second-order valence-corrected chi connectivity index (χ2v) is 5.10. The van der Waals surface area contributed by atoms with Gasteiger partial charge in [0.2, 0.25) is 0 Å². The Morgan fingerprint density at radius 3 is 2.89 bits per heavy atom. The average Bonchev–Trinajstić information content (AvgIpc) is 2.81. The first-order valence-electron chi connectivity index (χ1n) is 6.71. The summed E-state index contributed by atoms with van der Waals surface area (Å²) in [6.07, 6.45) is 1.97. The van der Waals surface area contributed by atoms with E-state index in [9.17, 15) is 4.79 Å². The largest absolute Gasteiger partial charge is 0.348 e. The molecule has 6 heteroatoms. The van der Waals surface area contributed by atoms with Crippen LogP contribution in [0.5, 0.6) is 0 Å². The Balaban J connectivity index is 0.00000180. The van der Waals surface area contributed by atoms with Gasteiger partial charge in [-0.2, -0.15) is 5.10 Å². The predicted octanol–water partition coefficient (Wildman–Crippen LogP) is 1.64. The highest BCUT2D eigenvalue weighted by Gasteiger charge is 2.23. The molecule has 0 saturated carbocycles. The number of nitrogens with zero attached hydrogens (tertiary/aromatic N) is 1. The molecule has 2 atom stereocenters. The number of aromatic amines is 1. The van der Waals surface area contributed by atoms with Crippen LogP contribution in [0.4, 0.5) is 0 Å². The lowest BCUT2D eigenvalue weighted by atomic mass is 10.0. The van der Waals surface area contributed by atoms with Crippen molar-refractivity contribution in [1.82, 2.24) is 20.8 Å². The molecular formula is C13H23ClN4O. The number of carbonyl (C=O) groups excluding carboxylic acids is 1. The van der Waals surface area contributed by atoms with Crippen LogP contribution in [0, 0.1) is 5.92 Å². The molecule has 1 amide bonds. The number of amides is 1. The van der Waals surface area contributed by atoms with E-state index < -0.39 is 0 Å². The molecular weight excluding hydrogens is 264 g/mol. The Hall–Kier alpha value is -1.07. The van der Waals surface area contributed by atoms with Gasteiger partial charge in [-0.25, -0.2) is 0 Å². The zero-order valence-electron chi connectivity index (χ0n) is 11.7. The molecule has 0 bridgehead atoms. The van der Waals surface area contributed by atoms with Crippen molar-refractivity contribution in [3.8, 4) is 0 Å². The highest BCUT2D eigenvalue weighted by Crippen LogP contribution is 2.16. The molecule has 1 aromatic heterocycles. The summed E-state index contributed by atoms with van der Waals surface area (Å²) < 4.78 is 0. The lowest BCUT2D eigenvalue weighted by molar-refractivity contribution is 0.0922. The van der Waals surface area contributed by atoms with Gasteiger partial charge in [0.25, 0.3) is 5.91 Å². The van der Waals surface area contributed by atoms with Crippen LogP contribution in [0.2, 0.25) is 0 Å². The van der Waals surface area contributed by atoms with Crippen LogP contribution in [0.15, 0.2) is 0 Å². The maximum absolute atomic E-state index is 12.2. The minimum absolute atomic E-state index is 0. The maximum atomic E-state index is 12.2. The van der Waals surface area contributed by atoms with Crippen molar-refractivity contribution in [1.29, 1.82) is 0 Å². The Morgan fingerprint density at radius 2 is 2.21 bits per heavy atom. The Kier molecular flexibility index (Phi) is 5.82. The van der Waals surface area contributed by atoms with Crippen molar-refractivity contribution in [2.24, 2.45) is 5.92 Å². The van der Waals surface area contributed by atoms with Crippen LogP contribution < -0.4 is 10.6 Å². The molecule has 2 unspecified atom stereocenters. The number of H-pyrrole nitrogens is 1.